The molecule has 9 heteroatoms. The minimum absolute atomic E-state index is 0.00430. The van der Waals surface area contributed by atoms with Crippen LogP contribution in [0.3, 0.4) is 0 Å². The molecule has 0 bridgehead atoms. The van der Waals surface area contributed by atoms with E-state index in [1.807, 2.05) is 30.3 Å². The number of ether oxygens (including phenoxy) is 1. The number of pyridine rings is 1. The van der Waals surface area contributed by atoms with Gasteiger partial charge >= 0.3 is 0 Å². The van der Waals surface area contributed by atoms with Gasteiger partial charge < -0.3 is 29.9 Å². The van der Waals surface area contributed by atoms with Crippen molar-refractivity contribution in [3.63, 3.8) is 0 Å². The van der Waals surface area contributed by atoms with E-state index in [0.717, 1.165) is 81.1 Å². The Morgan fingerprint density at radius 2 is 1.76 bits per heavy atom. The van der Waals surface area contributed by atoms with Gasteiger partial charge in [0.2, 0.25) is 5.91 Å². The van der Waals surface area contributed by atoms with Crippen molar-refractivity contribution in [1.82, 2.24) is 15.2 Å². The van der Waals surface area contributed by atoms with Gasteiger partial charge in [0.1, 0.15) is 17.0 Å². The van der Waals surface area contributed by atoms with Gasteiger partial charge in [0, 0.05) is 49.8 Å². The van der Waals surface area contributed by atoms with Crippen LogP contribution >= 0.6 is 0 Å². The third-order valence-corrected chi connectivity index (χ3v) is 11.5. The molecule has 1 spiro atoms. The maximum absolute atomic E-state index is 14.1. The van der Waals surface area contributed by atoms with E-state index in [1.54, 1.807) is 21.7 Å². The van der Waals surface area contributed by atoms with Gasteiger partial charge in [-0.2, -0.15) is 0 Å². The summed E-state index contributed by atoms with van der Waals surface area (Å²) in [6.07, 6.45) is 13.5. The van der Waals surface area contributed by atoms with Gasteiger partial charge in [0.15, 0.2) is 0 Å². The summed E-state index contributed by atoms with van der Waals surface area (Å²) in [4.78, 5) is 42.1. The average molecular weight is 681 g/mol. The molecule has 3 heterocycles. The lowest BCUT2D eigenvalue weighted by Gasteiger charge is -2.45. The van der Waals surface area contributed by atoms with Gasteiger partial charge in [0.25, 0.3) is 11.5 Å². The minimum atomic E-state index is -0.900. The largest absolute Gasteiger partial charge is 0.487 e. The number of fused-ring (bicyclic) bond motifs is 1. The summed E-state index contributed by atoms with van der Waals surface area (Å²) in [6.45, 7) is 2.91. The quantitative estimate of drug-likeness (QED) is 0.223. The summed E-state index contributed by atoms with van der Waals surface area (Å²) >= 11 is 0. The molecule has 50 heavy (non-hydrogen) atoms. The number of nitrogens with one attached hydrogen (secondary N) is 2. The Bertz CT molecular complexity index is 1730. The zero-order valence-corrected chi connectivity index (χ0v) is 29.4. The Morgan fingerprint density at radius 1 is 0.980 bits per heavy atom. The van der Waals surface area contributed by atoms with Gasteiger partial charge in [-0.25, -0.2) is 0 Å². The van der Waals surface area contributed by atoms with Gasteiger partial charge in [0.05, 0.1) is 17.7 Å². The number of hydrogen-bond donors (Lipinski definition) is 3. The zero-order valence-electron chi connectivity index (χ0n) is 29.4. The molecule has 0 radical (unpaired) electrons. The van der Waals surface area contributed by atoms with E-state index in [4.69, 9.17) is 4.74 Å². The van der Waals surface area contributed by atoms with E-state index < -0.39 is 12.1 Å². The highest BCUT2D eigenvalue weighted by Gasteiger charge is 2.42. The molecule has 2 aromatic carbocycles. The van der Waals surface area contributed by atoms with Crippen LogP contribution in [-0.2, 0) is 17.6 Å². The van der Waals surface area contributed by atoms with Crippen LogP contribution in [0.25, 0.3) is 0 Å². The number of hydrogen-bond acceptors (Lipinski definition) is 6. The highest BCUT2D eigenvalue weighted by molar-refractivity contribution is 5.98. The van der Waals surface area contributed by atoms with Crippen molar-refractivity contribution in [3.05, 3.63) is 93.4 Å². The summed E-state index contributed by atoms with van der Waals surface area (Å²) in [5.74, 6) is 0.479. The monoisotopic (exact) mass is 680 g/mol. The summed E-state index contributed by atoms with van der Waals surface area (Å²) in [7, 11) is 0. The van der Waals surface area contributed by atoms with Crippen molar-refractivity contribution < 1.29 is 19.4 Å². The van der Waals surface area contributed by atoms with Crippen molar-refractivity contribution >= 4 is 17.5 Å². The number of nitrogens with zero attached hydrogens (tertiary/aromatic N) is 2. The summed E-state index contributed by atoms with van der Waals surface area (Å²) in [6, 6.07) is 17.4. The van der Waals surface area contributed by atoms with Gasteiger partial charge in [-0.1, -0.05) is 68.7 Å². The molecule has 266 valence electrons. The molecule has 2 aliphatic heterocycles. The number of carbonyl (C=O) groups excluding carboxylic acids is 2. The van der Waals surface area contributed by atoms with E-state index in [2.05, 4.69) is 35.8 Å². The highest BCUT2D eigenvalue weighted by Crippen LogP contribution is 2.46. The van der Waals surface area contributed by atoms with Gasteiger partial charge in [-0.05, 0) is 81.0 Å². The first-order valence-corrected chi connectivity index (χ1v) is 19.0. The van der Waals surface area contributed by atoms with E-state index in [1.165, 1.54) is 12.0 Å². The number of rotatable bonds is 11. The Kier molecular flexibility index (Phi) is 10.4. The maximum Gasteiger partial charge on any atom is 0.274 e. The second-order valence-corrected chi connectivity index (χ2v) is 15.0. The smallest absolute Gasteiger partial charge is 0.274 e. The first kappa shape index (κ1) is 34.5. The Morgan fingerprint density at radius 3 is 2.48 bits per heavy atom. The molecule has 7 rings (SSSR count). The third kappa shape index (κ3) is 7.40. The van der Waals surface area contributed by atoms with Crippen LogP contribution in [0.1, 0.15) is 123 Å². The normalized spacial score (nSPS) is 21.5. The molecule has 2 amide bonds. The van der Waals surface area contributed by atoms with E-state index in [-0.39, 0.29) is 47.3 Å². The summed E-state index contributed by atoms with van der Waals surface area (Å²) in [5.41, 5.74) is 3.57. The molecule has 0 unspecified atom stereocenters. The lowest BCUT2D eigenvalue weighted by Crippen LogP contribution is -2.51. The van der Waals surface area contributed by atoms with Crippen LogP contribution in [0.4, 0.5) is 5.69 Å². The number of amides is 2. The average Bonchev–Trinajstić information content (AvgIpc) is 3.83. The van der Waals surface area contributed by atoms with Crippen LogP contribution in [0, 0.1) is 0 Å². The van der Waals surface area contributed by atoms with Crippen LogP contribution in [-0.4, -0.2) is 52.3 Å². The molecule has 1 saturated heterocycles. The fraction of sp³-hybridized carbons (Fsp3) is 0.537. The second kappa shape index (κ2) is 15.1. The van der Waals surface area contributed by atoms with Crippen LogP contribution < -0.4 is 25.8 Å². The first-order chi connectivity index (χ1) is 24.3. The van der Waals surface area contributed by atoms with Crippen LogP contribution in [0.15, 0.2) is 65.6 Å². The van der Waals surface area contributed by atoms with Crippen LogP contribution in [0.5, 0.6) is 5.75 Å². The minimum Gasteiger partial charge on any atom is -0.487 e. The van der Waals surface area contributed by atoms with Crippen molar-refractivity contribution in [2.45, 2.75) is 127 Å². The molecule has 3 fully saturated rings. The number of benzene rings is 2. The molecule has 9 nitrogen and oxygen atoms in total. The maximum atomic E-state index is 14.1. The Hall–Kier alpha value is -3.95. The van der Waals surface area contributed by atoms with Crippen LogP contribution in [0.2, 0.25) is 0 Å². The molecule has 2 aliphatic carbocycles. The lowest BCUT2D eigenvalue weighted by atomic mass is 9.76. The third-order valence-electron chi connectivity index (χ3n) is 11.5. The Balaban J connectivity index is 1.14. The number of aliphatic hydroxyl groups excluding tert-OH is 1. The zero-order chi connectivity index (χ0) is 34.7. The number of aromatic nitrogens is 1. The molecule has 4 aliphatic rings. The number of anilines is 1. The van der Waals surface area contributed by atoms with Crippen molar-refractivity contribution in [2.75, 3.05) is 18.0 Å². The Labute approximate surface area is 295 Å². The topological polar surface area (TPSA) is 113 Å². The number of carbonyl (C=O) groups is 2. The predicted molar refractivity (Wildman–Crippen MR) is 195 cm³/mol. The van der Waals surface area contributed by atoms with Crippen molar-refractivity contribution in [3.8, 4) is 5.75 Å². The van der Waals surface area contributed by atoms with Gasteiger partial charge in [-0.15, -0.1) is 0 Å². The van der Waals surface area contributed by atoms with Crippen molar-refractivity contribution in [1.29, 1.82) is 0 Å². The van der Waals surface area contributed by atoms with E-state index in [0.29, 0.717) is 31.4 Å². The number of aliphatic hydroxyl groups is 1. The van der Waals surface area contributed by atoms with Gasteiger partial charge in [-0.3, -0.25) is 14.4 Å². The molecular formula is C41H52N4O5. The second-order valence-electron chi connectivity index (χ2n) is 15.0. The molecule has 1 aromatic heterocycles. The summed E-state index contributed by atoms with van der Waals surface area (Å²) < 4.78 is 8.41. The number of aryl methyl sites for hydroxylation is 1. The fourth-order valence-electron chi connectivity index (χ4n) is 8.69. The molecule has 3 atom stereocenters. The highest BCUT2D eigenvalue weighted by atomic mass is 16.5. The predicted octanol–water partition coefficient (Wildman–Crippen LogP) is 6.17. The lowest BCUT2D eigenvalue weighted by molar-refractivity contribution is -0.117. The first-order valence-electron chi connectivity index (χ1n) is 19.0. The summed E-state index contributed by atoms with van der Waals surface area (Å²) in [5, 5.41) is 18.7. The molecule has 3 N–H and O–H groups in total. The van der Waals surface area contributed by atoms with E-state index in [9.17, 15) is 19.5 Å². The SMILES string of the molecule is CCc1ccc2c(c1)[C@@H](NC[C@@H](O)[C@H](Cc1ccccc1)NC(=O)c1cc(N3CCCC3=O)c(=O)n(C3CCCC3)c1)CC1(CCCCC1)O2. The van der Waals surface area contributed by atoms with Crippen molar-refractivity contribution in [2.24, 2.45) is 0 Å². The fourth-order valence-corrected chi connectivity index (χ4v) is 8.69. The van der Waals surface area contributed by atoms with E-state index >= 15 is 0 Å². The molecule has 2 saturated carbocycles. The molecule has 3 aromatic rings. The molecular weight excluding hydrogens is 628 g/mol. The standard InChI is InChI=1S/C41H52N4O5/c1-2-28-17-18-37-32(22-28)34(25-41(50-37)19-9-4-10-20-41)42-26-36(46)33(23-29-12-5-3-6-13-29)43-39(48)30-24-35(44-21-11-16-38(44)47)40(49)45(27-30)31-14-7-8-15-31/h3,5-6,12-13,17-18,22,24,27,31,33-34,36,42,46H,2,4,7-11,14-16,19-21,23,25-26H2,1H3,(H,43,48)/t33-,34-,36+/m0/s1.